The minimum Gasteiger partial charge on any atom is -0.382 e. The van der Waals surface area contributed by atoms with Crippen LogP contribution in [0.1, 0.15) is 33.1 Å². The first-order valence-corrected chi connectivity index (χ1v) is 6.36. The molecule has 98 valence electrons. The zero-order valence-corrected chi connectivity index (χ0v) is 10.7. The quantitative estimate of drug-likeness (QED) is 0.498. The molecular weight excluding hydrogens is 220 g/mol. The summed E-state index contributed by atoms with van der Waals surface area (Å²) < 4.78 is 5.20. The number of hydrogen-bond donors (Lipinski definition) is 1. The van der Waals surface area contributed by atoms with E-state index in [1.165, 1.54) is 4.90 Å². The largest absolute Gasteiger partial charge is 0.382 e. The van der Waals surface area contributed by atoms with E-state index in [1.807, 2.05) is 13.8 Å². The number of amides is 2. The number of carbonyl (C=O) groups excluding carboxylic acids is 2. The number of nitrogens with one attached hydrogen (secondary N) is 1. The molecule has 17 heavy (non-hydrogen) atoms. The van der Waals surface area contributed by atoms with Gasteiger partial charge in [0.1, 0.15) is 0 Å². The van der Waals surface area contributed by atoms with Crippen LogP contribution in [0.4, 0.5) is 0 Å². The molecule has 0 spiro atoms. The van der Waals surface area contributed by atoms with Gasteiger partial charge in [-0.25, -0.2) is 0 Å². The molecule has 1 rings (SSSR count). The Balaban J connectivity index is 2.26. The third-order valence-corrected chi connectivity index (χ3v) is 2.75. The zero-order chi connectivity index (χ0) is 12.7. The van der Waals surface area contributed by atoms with Crippen LogP contribution in [0.3, 0.4) is 0 Å². The highest BCUT2D eigenvalue weighted by atomic mass is 16.5. The van der Waals surface area contributed by atoms with E-state index in [9.17, 15) is 9.59 Å². The minimum absolute atomic E-state index is 0.0563. The van der Waals surface area contributed by atoms with Crippen molar-refractivity contribution in [2.75, 3.05) is 26.3 Å². The van der Waals surface area contributed by atoms with Crippen LogP contribution < -0.4 is 5.32 Å². The second-order valence-corrected chi connectivity index (χ2v) is 4.14. The standard InChI is InChI=1S/C12H22N2O3/c1-3-7-14-11(15)9-10(12(14)16)13-6-5-8-17-4-2/h10,13H,3-9H2,1-2H3. The number of nitrogens with zero attached hydrogens (tertiary/aromatic N) is 1. The molecule has 1 saturated heterocycles. The Hall–Kier alpha value is -0.940. The van der Waals surface area contributed by atoms with Crippen molar-refractivity contribution in [1.29, 1.82) is 0 Å². The molecule has 1 unspecified atom stereocenters. The van der Waals surface area contributed by atoms with E-state index in [-0.39, 0.29) is 17.9 Å². The Morgan fingerprint density at radius 3 is 2.82 bits per heavy atom. The fourth-order valence-corrected chi connectivity index (χ4v) is 1.90. The number of hydrogen-bond acceptors (Lipinski definition) is 4. The average Bonchev–Trinajstić information content (AvgIpc) is 2.57. The first kappa shape index (κ1) is 14.1. The first-order valence-electron chi connectivity index (χ1n) is 6.36. The monoisotopic (exact) mass is 242 g/mol. The maximum atomic E-state index is 11.8. The summed E-state index contributed by atoms with van der Waals surface area (Å²) >= 11 is 0. The van der Waals surface area contributed by atoms with Crippen molar-refractivity contribution in [2.24, 2.45) is 0 Å². The lowest BCUT2D eigenvalue weighted by molar-refractivity contribution is -0.138. The summed E-state index contributed by atoms with van der Waals surface area (Å²) in [6.45, 7) is 6.57. The lowest BCUT2D eigenvalue weighted by Gasteiger charge is -2.14. The van der Waals surface area contributed by atoms with Crippen LogP contribution >= 0.6 is 0 Å². The van der Waals surface area contributed by atoms with Gasteiger partial charge in [0.2, 0.25) is 11.8 Å². The van der Waals surface area contributed by atoms with Crippen LogP contribution in [0.5, 0.6) is 0 Å². The SMILES string of the molecule is CCCN1C(=O)CC(NCCCOCC)C1=O. The summed E-state index contributed by atoms with van der Waals surface area (Å²) in [5.74, 6) is -0.132. The highest BCUT2D eigenvalue weighted by Crippen LogP contribution is 2.13. The van der Waals surface area contributed by atoms with Gasteiger partial charge in [0.05, 0.1) is 12.5 Å². The predicted molar refractivity (Wildman–Crippen MR) is 64.5 cm³/mol. The van der Waals surface area contributed by atoms with Crippen molar-refractivity contribution in [1.82, 2.24) is 10.2 Å². The Morgan fingerprint density at radius 1 is 1.41 bits per heavy atom. The molecule has 1 aliphatic rings. The number of ether oxygens (including phenoxy) is 1. The van der Waals surface area contributed by atoms with E-state index in [2.05, 4.69) is 5.32 Å². The zero-order valence-electron chi connectivity index (χ0n) is 10.7. The Morgan fingerprint density at radius 2 is 2.18 bits per heavy atom. The fraction of sp³-hybridized carbons (Fsp3) is 0.833. The highest BCUT2D eigenvalue weighted by Gasteiger charge is 2.37. The Bertz CT molecular complexity index is 268. The van der Waals surface area contributed by atoms with E-state index < -0.39 is 0 Å². The molecule has 5 heteroatoms. The van der Waals surface area contributed by atoms with Crippen molar-refractivity contribution in [2.45, 2.75) is 39.2 Å². The molecule has 0 aromatic rings. The van der Waals surface area contributed by atoms with Gasteiger partial charge in [-0.3, -0.25) is 14.5 Å². The smallest absolute Gasteiger partial charge is 0.246 e. The van der Waals surface area contributed by atoms with Crippen molar-refractivity contribution >= 4 is 11.8 Å². The molecule has 0 aromatic carbocycles. The molecule has 0 aromatic heterocycles. The maximum absolute atomic E-state index is 11.8. The normalized spacial score (nSPS) is 20.4. The molecule has 1 N–H and O–H groups in total. The summed E-state index contributed by atoms with van der Waals surface area (Å²) in [5, 5.41) is 3.12. The summed E-state index contributed by atoms with van der Waals surface area (Å²) in [6.07, 6.45) is 1.97. The van der Waals surface area contributed by atoms with Gasteiger partial charge in [0.15, 0.2) is 0 Å². The van der Waals surface area contributed by atoms with Crippen molar-refractivity contribution in [3.8, 4) is 0 Å². The molecule has 1 heterocycles. The van der Waals surface area contributed by atoms with Crippen LogP contribution in [0.25, 0.3) is 0 Å². The van der Waals surface area contributed by atoms with E-state index in [1.54, 1.807) is 0 Å². The van der Waals surface area contributed by atoms with Gasteiger partial charge < -0.3 is 10.1 Å². The summed E-state index contributed by atoms with van der Waals surface area (Å²) in [5.41, 5.74) is 0. The lowest BCUT2D eigenvalue weighted by atomic mass is 10.2. The lowest BCUT2D eigenvalue weighted by Crippen LogP contribution is -2.39. The van der Waals surface area contributed by atoms with E-state index in [4.69, 9.17) is 4.74 Å². The van der Waals surface area contributed by atoms with Gasteiger partial charge in [0, 0.05) is 19.8 Å². The van der Waals surface area contributed by atoms with Crippen LogP contribution in [0.15, 0.2) is 0 Å². The van der Waals surface area contributed by atoms with Crippen molar-refractivity contribution in [3.05, 3.63) is 0 Å². The molecule has 5 nitrogen and oxygen atoms in total. The number of carbonyl (C=O) groups is 2. The summed E-state index contributed by atoms with van der Waals surface area (Å²) in [4.78, 5) is 24.8. The summed E-state index contributed by atoms with van der Waals surface area (Å²) in [6, 6.07) is -0.323. The third kappa shape index (κ3) is 4.09. The van der Waals surface area contributed by atoms with Gasteiger partial charge in [0.25, 0.3) is 0 Å². The topological polar surface area (TPSA) is 58.6 Å². The molecule has 0 bridgehead atoms. The van der Waals surface area contributed by atoms with Gasteiger partial charge in [-0.2, -0.15) is 0 Å². The highest BCUT2D eigenvalue weighted by molar-refractivity contribution is 6.05. The second kappa shape index (κ2) is 7.40. The average molecular weight is 242 g/mol. The van der Waals surface area contributed by atoms with E-state index in [0.717, 1.165) is 12.8 Å². The number of imide groups is 1. The van der Waals surface area contributed by atoms with Gasteiger partial charge in [-0.05, 0) is 26.3 Å². The van der Waals surface area contributed by atoms with Crippen LogP contribution in [0, 0.1) is 0 Å². The molecule has 0 radical (unpaired) electrons. The van der Waals surface area contributed by atoms with Crippen LogP contribution in [-0.2, 0) is 14.3 Å². The van der Waals surface area contributed by atoms with Gasteiger partial charge in [-0.15, -0.1) is 0 Å². The molecule has 1 fully saturated rings. The number of rotatable bonds is 8. The van der Waals surface area contributed by atoms with Crippen LogP contribution in [0.2, 0.25) is 0 Å². The predicted octanol–water partition coefficient (Wildman–Crippen LogP) is 0.540. The molecule has 1 atom stereocenters. The Kier molecular flexibility index (Phi) is 6.15. The first-order chi connectivity index (χ1) is 8.20. The third-order valence-electron chi connectivity index (χ3n) is 2.75. The van der Waals surface area contributed by atoms with Gasteiger partial charge in [-0.1, -0.05) is 6.92 Å². The Labute approximate surface area is 102 Å². The summed E-state index contributed by atoms with van der Waals surface area (Å²) in [7, 11) is 0. The molecule has 0 aliphatic carbocycles. The molecule has 1 aliphatic heterocycles. The van der Waals surface area contributed by atoms with E-state index >= 15 is 0 Å². The van der Waals surface area contributed by atoms with Crippen molar-refractivity contribution < 1.29 is 14.3 Å². The molecular formula is C12H22N2O3. The van der Waals surface area contributed by atoms with Crippen LogP contribution in [-0.4, -0.2) is 49.1 Å². The van der Waals surface area contributed by atoms with Crippen molar-refractivity contribution in [3.63, 3.8) is 0 Å². The number of likely N-dealkylation sites (tertiary alicyclic amines) is 1. The van der Waals surface area contributed by atoms with E-state index in [0.29, 0.717) is 32.7 Å². The molecule has 0 saturated carbocycles. The molecule has 2 amide bonds. The second-order valence-electron chi connectivity index (χ2n) is 4.14. The van der Waals surface area contributed by atoms with Gasteiger partial charge >= 0.3 is 0 Å². The minimum atomic E-state index is -0.323. The fourth-order valence-electron chi connectivity index (χ4n) is 1.90. The maximum Gasteiger partial charge on any atom is 0.246 e.